The molecule has 0 bridgehead atoms. The van der Waals surface area contributed by atoms with Crippen molar-refractivity contribution in [2.75, 3.05) is 13.6 Å². The van der Waals surface area contributed by atoms with Crippen LogP contribution in [-0.4, -0.2) is 41.5 Å². The molecule has 1 fully saturated rings. The van der Waals surface area contributed by atoms with Gasteiger partial charge in [-0.25, -0.2) is 0 Å². The molecule has 0 aromatic rings. The lowest BCUT2D eigenvalue weighted by molar-refractivity contribution is -0.125. The maximum atomic E-state index is 11.8. The first-order valence-electron chi connectivity index (χ1n) is 5.71. The largest absolute Gasteiger partial charge is 0.393 e. The Hall–Kier alpha value is -0.680. The van der Waals surface area contributed by atoms with Crippen LogP contribution in [0.2, 0.25) is 0 Å². The smallest absolute Gasteiger partial charge is 0.237 e. The van der Waals surface area contributed by atoms with E-state index in [1.54, 1.807) is 0 Å². The summed E-state index contributed by atoms with van der Waals surface area (Å²) in [5, 5.41) is 2.99. The van der Waals surface area contributed by atoms with Gasteiger partial charge < -0.3 is 11.1 Å². The van der Waals surface area contributed by atoms with Crippen molar-refractivity contribution >= 4 is 23.1 Å². The van der Waals surface area contributed by atoms with Crippen LogP contribution in [0, 0.1) is 5.92 Å². The topological polar surface area (TPSA) is 58.4 Å². The first-order valence-corrected chi connectivity index (χ1v) is 6.12. The molecule has 5 heteroatoms. The van der Waals surface area contributed by atoms with Gasteiger partial charge in [0.2, 0.25) is 5.91 Å². The summed E-state index contributed by atoms with van der Waals surface area (Å²) in [6.07, 6.45) is 2.23. The summed E-state index contributed by atoms with van der Waals surface area (Å²) in [5.41, 5.74) is 5.56. The number of nitrogens with two attached hydrogens (primary N) is 1. The number of thiocarbonyl (C=S) groups is 1. The molecule has 1 saturated carbocycles. The number of amides is 1. The Bertz CT molecular complexity index is 278. The van der Waals surface area contributed by atoms with Gasteiger partial charge in [0.25, 0.3) is 0 Å². The molecule has 4 nitrogen and oxygen atoms in total. The molecule has 2 unspecified atom stereocenters. The SMILES string of the molecule is CC(CN(C)C(C)C(=O)NC1CC1)C(N)=S. The summed E-state index contributed by atoms with van der Waals surface area (Å²) in [6, 6.07) is 0.286. The van der Waals surface area contributed by atoms with Crippen LogP contribution in [0.25, 0.3) is 0 Å². The van der Waals surface area contributed by atoms with E-state index in [1.165, 1.54) is 0 Å². The minimum Gasteiger partial charge on any atom is -0.393 e. The van der Waals surface area contributed by atoms with Gasteiger partial charge >= 0.3 is 0 Å². The molecule has 1 aliphatic rings. The molecule has 16 heavy (non-hydrogen) atoms. The van der Waals surface area contributed by atoms with E-state index >= 15 is 0 Å². The fourth-order valence-electron chi connectivity index (χ4n) is 1.43. The highest BCUT2D eigenvalue weighted by atomic mass is 32.1. The normalized spacial score (nSPS) is 19.2. The van der Waals surface area contributed by atoms with E-state index in [0.29, 0.717) is 17.6 Å². The summed E-state index contributed by atoms with van der Waals surface area (Å²) in [7, 11) is 1.92. The van der Waals surface area contributed by atoms with Crippen LogP contribution < -0.4 is 11.1 Å². The van der Waals surface area contributed by atoms with Crippen LogP contribution in [0.15, 0.2) is 0 Å². The monoisotopic (exact) mass is 243 g/mol. The Morgan fingerprint density at radius 1 is 1.56 bits per heavy atom. The van der Waals surface area contributed by atoms with E-state index in [4.69, 9.17) is 18.0 Å². The molecule has 0 spiro atoms. The highest BCUT2D eigenvalue weighted by Crippen LogP contribution is 2.19. The van der Waals surface area contributed by atoms with Crippen molar-refractivity contribution < 1.29 is 4.79 Å². The second-order valence-corrected chi connectivity index (χ2v) is 5.17. The zero-order chi connectivity index (χ0) is 12.3. The third-order valence-corrected chi connectivity index (χ3v) is 3.41. The van der Waals surface area contributed by atoms with E-state index in [-0.39, 0.29) is 17.9 Å². The molecule has 0 radical (unpaired) electrons. The maximum Gasteiger partial charge on any atom is 0.237 e. The molecule has 0 aromatic carbocycles. The van der Waals surface area contributed by atoms with Crippen molar-refractivity contribution in [3.63, 3.8) is 0 Å². The number of nitrogens with one attached hydrogen (secondary N) is 1. The molecule has 92 valence electrons. The maximum absolute atomic E-state index is 11.8. The van der Waals surface area contributed by atoms with Crippen molar-refractivity contribution in [3.05, 3.63) is 0 Å². The minimum absolute atomic E-state index is 0.0974. The van der Waals surface area contributed by atoms with Crippen molar-refractivity contribution in [2.24, 2.45) is 11.7 Å². The predicted molar refractivity (Wildman–Crippen MR) is 69.2 cm³/mol. The summed E-state index contributed by atoms with van der Waals surface area (Å²) in [5.74, 6) is 0.233. The van der Waals surface area contributed by atoms with E-state index < -0.39 is 0 Å². The Morgan fingerprint density at radius 3 is 2.56 bits per heavy atom. The fourth-order valence-corrected chi connectivity index (χ4v) is 1.50. The second kappa shape index (κ2) is 5.59. The Labute approximate surface area is 103 Å². The number of hydrogen-bond acceptors (Lipinski definition) is 3. The molecule has 1 aliphatic carbocycles. The first kappa shape index (κ1) is 13.4. The van der Waals surface area contributed by atoms with Crippen molar-refractivity contribution in [2.45, 2.75) is 38.8 Å². The average molecular weight is 243 g/mol. The van der Waals surface area contributed by atoms with Gasteiger partial charge in [-0.05, 0) is 26.8 Å². The van der Waals surface area contributed by atoms with E-state index in [9.17, 15) is 4.79 Å². The van der Waals surface area contributed by atoms with Gasteiger partial charge in [0.15, 0.2) is 0 Å². The van der Waals surface area contributed by atoms with Gasteiger partial charge in [-0.1, -0.05) is 19.1 Å². The zero-order valence-electron chi connectivity index (χ0n) is 10.2. The second-order valence-electron chi connectivity index (χ2n) is 4.70. The number of rotatable bonds is 6. The van der Waals surface area contributed by atoms with Gasteiger partial charge in [0, 0.05) is 18.5 Å². The molecule has 1 rings (SSSR count). The van der Waals surface area contributed by atoms with Crippen LogP contribution in [0.4, 0.5) is 0 Å². The molecule has 0 heterocycles. The van der Waals surface area contributed by atoms with Gasteiger partial charge in [-0.2, -0.15) is 0 Å². The highest BCUT2D eigenvalue weighted by Gasteiger charge is 2.27. The van der Waals surface area contributed by atoms with Crippen LogP contribution in [0.3, 0.4) is 0 Å². The summed E-state index contributed by atoms with van der Waals surface area (Å²) < 4.78 is 0. The lowest BCUT2D eigenvalue weighted by atomic mass is 10.1. The standard InChI is InChI=1S/C11H21N3OS/c1-7(10(12)16)6-14(3)8(2)11(15)13-9-4-5-9/h7-9H,4-6H2,1-3H3,(H2,12,16)(H,13,15). The van der Waals surface area contributed by atoms with Crippen LogP contribution in [-0.2, 0) is 4.79 Å². The van der Waals surface area contributed by atoms with E-state index in [2.05, 4.69) is 5.32 Å². The molecule has 2 atom stereocenters. The first-order chi connectivity index (χ1) is 7.41. The summed E-state index contributed by atoms with van der Waals surface area (Å²) in [4.78, 5) is 14.3. The Kier molecular flexibility index (Phi) is 4.68. The van der Waals surface area contributed by atoms with Crippen LogP contribution >= 0.6 is 12.2 Å². The lowest BCUT2D eigenvalue weighted by Gasteiger charge is -2.26. The van der Waals surface area contributed by atoms with E-state index in [1.807, 2.05) is 25.8 Å². The zero-order valence-corrected chi connectivity index (χ0v) is 11.0. The molecular weight excluding hydrogens is 222 g/mol. The molecular formula is C11H21N3OS. The lowest BCUT2D eigenvalue weighted by Crippen LogP contribution is -2.46. The number of likely N-dealkylation sites (N-methyl/N-ethyl adjacent to an activating group) is 1. The number of carbonyl (C=O) groups is 1. The quantitative estimate of drug-likeness (QED) is 0.667. The number of nitrogens with zero attached hydrogens (tertiary/aromatic N) is 1. The van der Waals surface area contributed by atoms with Crippen molar-refractivity contribution in [1.29, 1.82) is 0 Å². The average Bonchev–Trinajstić information content (AvgIpc) is 2.99. The third kappa shape index (κ3) is 4.06. The van der Waals surface area contributed by atoms with Gasteiger partial charge in [-0.3, -0.25) is 9.69 Å². The number of carbonyl (C=O) groups excluding carboxylic acids is 1. The van der Waals surface area contributed by atoms with Gasteiger partial charge in [0.1, 0.15) is 0 Å². The van der Waals surface area contributed by atoms with Crippen LogP contribution in [0.5, 0.6) is 0 Å². The summed E-state index contributed by atoms with van der Waals surface area (Å²) >= 11 is 4.92. The molecule has 1 amide bonds. The van der Waals surface area contributed by atoms with Gasteiger partial charge in [0.05, 0.1) is 11.0 Å². The molecule has 3 N–H and O–H groups in total. The van der Waals surface area contributed by atoms with E-state index in [0.717, 1.165) is 12.8 Å². The Balaban J connectivity index is 2.35. The third-order valence-electron chi connectivity index (χ3n) is 3.01. The summed E-state index contributed by atoms with van der Waals surface area (Å²) in [6.45, 7) is 4.60. The Morgan fingerprint density at radius 2 is 2.12 bits per heavy atom. The van der Waals surface area contributed by atoms with Crippen molar-refractivity contribution in [3.8, 4) is 0 Å². The highest BCUT2D eigenvalue weighted by molar-refractivity contribution is 7.80. The number of hydrogen-bond donors (Lipinski definition) is 2. The van der Waals surface area contributed by atoms with Gasteiger partial charge in [-0.15, -0.1) is 0 Å². The molecule has 0 saturated heterocycles. The fraction of sp³-hybridized carbons (Fsp3) is 0.818. The van der Waals surface area contributed by atoms with Crippen LogP contribution in [0.1, 0.15) is 26.7 Å². The molecule has 0 aromatic heterocycles. The van der Waals surface area contributed by atoms with Crippen molar-refractivity contribution in [1.82, 2.24) is 10.2 Å². The minimum atomic E-state index is -0.127. The molecule has 0 aliphatic heterocycles. The predicted octanol–water partition coefficient (Wildman–Crippen LogP) is 0.508.